The van der Waals surface area contributed by atoms with Gasteiger partial charge >= 0.3 is 6.09 Å². The third-order valence-corrected chi connectivity index (χ3v) is 3.64. The van der Waals surface area contributed by atoms with Gasteiger partial charge in [0.15, 0.2) is 11.5 Å². The number of piperazine rings is 1. The quantitative estimate of drug-likeness (QED) is 0.927. The van der Waals surface area contributed by atoms with E-state index in [1.807, 2.05) is 39.0 Å². The van der Waals surface area contributed by atoms with Gasteiger partial charge in [0.1, 0.15) is 5.60 Å². The molecule has 0 radical (unpaired) electrons. The van der Waals surface area contributed by atoms with Crippen LogP contribution in [0.2, 0.25) is 0 Å². The third-order valence-electron chi connectivity index (χ3n) is 3.64. The van der Waals surface area contributed by atoms with Crippen molar-refractivity contribution in [3.63, 3.8) is 0 Å². The number of hydrogen-bond donors (Lipinski definition) is 1. The van der Waals surface area contributed by atoms with Gasteiger partial charge < -0.3 is 24.4 Å². The Morgan fingerprint density at radius 3 is 2.61 bits per heavy atom. The van der Waals surface area contributed by atoms with Gasteiger partial charge in [0, 0.05) is 25.2 Å². The van der Waals surface area contributed by atoms with Crippen LogP contribution in [-0.2, 0) is 4.74 Å². The molecule has 0 saturated carbocycles. The highest BCUT2D eigenvalue weighted by Gasteiger charge is 2.30. The first-order valence-corrected chi connectivity index (χ1v) is 7.78. The molecule has 1 amide bonds. The number of benzene rings is 1. The van der Waals surface area contributed by atoms with Gasteiger partial charge in [-0.1, -0.05) is 12.1 Å². The fraction of sp³-hybridized carbons (Fsp3) is 0.588. The van der Waals surface area contributed by atoms with Crippen LogP contribution in [0.25, 0.3) is 0 Å². The van der Waals surface area contributed by atoms with Gasteiger partial charge in [0.2, 0.25) is 0 Å². The lowest BCUT2D eigenvalue weighted by Crippen LogP contribution is -2.49. The number of nitrogens with zero attached hydrogens (tertiary/aromatic N) is 1. The minimum Gasteiger partial charge on any atom is -0.493 e. The first-order valence-electron chi connectivity index (χ1n) is 7.78. The van der Waals surface area contributed by atoms with Gasteiger partial charge in [0.05, 0.1) is 20.3 Å². The number of carbonyl (C=O) groups is 1. The summed E-state index contributed by atoms with van der Waals surface area (Å²) in [5, 5.41) is 3.42. The van der Waals surface area contributed by atoms with E-state index in [-0.39, 0.29) is 12.1 Å². The summed E-state index contributed by atoms with van der Waals surface area (Å²) in [5.41, 5.74) is 0.477. The molecule has 0 bridgehead atoms. The molecule has 0 unspecified atom stereocenters. The van der Waals surface area contributed by atoms with Gasteiger partial charge in [-0.2, -0.15) is 0 Å². The van der Waals surface area contributed by atoms with Crippen LogP contribution in [0.15, 0.2) is 18.2 Å². The van der Waals surface area contributed by atoms with Crippen LogP contribution < -0.4 is 14.8 Å². The predicted octanol–water partition coefficient (Wildman–Crippen LogP) is 2.59. The van der Waals surface area contributed by atoms with Crippen LogP contribution in [0.5, 0.6) is 11.5 Å². The van der Waals surface area contributed by atoms with E-state index in [1.54, 1.807) is 19.1 Å². The van der Waals surface area contributed by atoms with E-state index in [9.17, 15) is 4.79 Å². The maximum absolute atomic E-state index is 12.3. The molecule has 0 aromatic heterocycles. The number of ether oxygens (including phenoxy) is 3. The molecule has 23 heavy (non-hydrogen) atoms. The third kappa shape index (κ3) is 4.28. The summed E-state index contributed by atoms with van der Waals surface area (Å²) >= 11 is 0. The molecular formula is C17H26N2O4. The molecule has 1 aliphatic heterocycles. The molecule has 1 fully saturated rings. The summed E-state index contributed by atoms with van der Waals surface area (Å²) in [6, 6.07) is 5.74. The molecule has 128 valence electrons. The molecule has 6 heteroatoms. The molecule has 1 atom stereocenters. The van der Waals surface area contributed by atoms with Gasteiger partial charge in [-0.25, -0.2) is 4.79 Å². The molecule has 0 aliphatic carbocycles. The summed E-state index contributed by atoms with van der Waals surface area (Å²) in [5.74, 6) is 1.37. The average molecular weight is 322 g/mol. The van der Waals surface area contributed by atoms with Crippen molar-refractivity contribution in [2.24, 2.45) is 0 Å². The summed E-state index contributed by atoms with van der Waals surface area (Å²) in [7, 11) is 3.23. The highest BCUT2D eigenvalue weighted by molar-refractivity contribution is 5.68. The number of hydrogen-bond acceptors (Lipinski definition) is 5. The Morgan fingerprint density at radius 1 is 1.26 bits per heavy atom. The zero-order valence-electron chi connectivity index (χ0n) is 14.5. The van der Waals surface area contributed by atoms with Crippen LogP contribution >= 0.6 is 0 Å². The van der Waals surface area contributed by atoms with Crippen LogP contribution in [0.1, 0.15) is 32.4 Å². The fourth-order valence-electron chi connectivity index (χ4n) is 2.64. The highest BCUT2D eigenvalue weighted by atomic mass is 16.6. The van der Waals surface area contributed by atoms with Crippen LogP contribution in [-0.4, -0.2) is 50.4 Å². The second-order valence-corrected chi connectivity index (χ2v) is 6.52. The fourth-order valence-corrected chi connectivity index (χ4v) is 2.64. The standard InChI is InChI=1S/C17H26N2O4/c1-17(2,3)23-16(20)19-10-9-18-13(11-19)12-7-6-8-14(21-4)15(12)22-5/h6-8,13,18H,9-11H2,1-5H3/t13-/m1/s1. The molecule has 1 saturated heterocycles. The van der Waals surface area contributed by atoms with Crippen molar-refractivity contribution >= 4 is 6.09 Å². The lowest BCUT2D eigenvalue weighted by molar-refractivity contribution is 0.0194. The van der Waals surface area contributed by atoms with Crippen LogP contribution in [0, 0.1) is 0 Å². The van der Waals surface area contributed by atoms with Crippen molar-refractivity contribution in [2.75, 3.05) is 33.9 Å². The van der Waals surface area contributed by atoms with Crippen molar-refractivity contribution in [3.8, 4) is 11.5 Å². The summed E-state index contributed by atoms with van der Waals surface area (Å²) in [6.07, 6.45) is -0.286. The van der Waals surface area contributed by atoms with E-state index in [2.05, 4.69) is 5.32 Å². The maximum Gasteiger partial charge on any atom is 0.410 e. The van der Waals surface area contributed by atoms with Gasteiger partial charge in [-0.3, -0.25) is 0 Å². The molecule has 2 rings (SSSR count). The molecule has 0 spiro atoms. The van der Waals surface area contributed by atoms with Gasteiger partial charge in [0.25, 0.3) is 0 Å². The molecule has 1 aromatic rings. The number of para-hydroxylation sites is 1. The van der Waals surface area contributed by atoms with Crippen LogP contribution in [0.4, 0.5) is 4.79 Å². The molecule has 1 heterocycles. The Bertz CT molecular complexity index is 554. The molecule has 1 N–H and O–H groups in total. The Hall–Kier alpha value is -1.95. The molecule has 6 nitrogen and oxygen atoms in total. The zero-order valence-corrected chi connectivity index (χ0v) is 14.5. The Kier molecular flexibility index (Phi) is 5.36. The first-order chi connectivity index (χ1) is 10.9. The monoisotopic (exact) mass is 322 g/mol. The minimum atomic E-state index is -0.495. The smallest absolute Gasteiger partial charge is 0.410 e. The van der Waals surface area contributed by atoms with E-state index in [0.717, 1.165) is 5.56 Å². The SMILES string of the molecule is COc1cccc([C@H]2CN(C(=O)OC(C)(C)C)CCN2)c1OC. The predicted molar refractivity (Wildman–Crippen MR) is 88.1 cm³/mol. The second-order valence-electron chi connectivity index (χ2n) is 6.52. The van der Waals surface area contributed by atoms with E-state index in [4.69, 9.17) is 14.2 Å². The highest BCUT2D eigenvalue weighted by Crippen LogP contribution is 2.35. The first kappa shape index (κ1) is 17.4. The van der Waals surface area contributed by atoms with Crippen molar-refractivity contribution in [1.82, 2.24) is 10.2 Å². The zero-order chi connectivity index (χ0) is 17.0. The Balaban J connectivity index is 2.17. The average Bonchev–Trinajstić information content (AvgIpc) is 2.52. The normalized spacial score (nSPS) is 18.5. The number of methoxy groups -OCH3 is 2. The van der Waals surface area contributed by atoms with Gasteiger partial charge in [-0.05, 0) is 26.8 Å². The van der Waals surface area contributed by atoms with E-state index in [1.165, 1.54) is 0 Å². The van der Waals surface area contributed by atoms with Gasteiger partial charge in [-0.15, -0.1) is 0 Å². The van der Waals surface area contributed by atoms with Crippen LogP contribution in [0.3, 0.4) is 0 Å². The van der Waals surface area contributed by atoms with E-state index >= 15 is 0 Å². The Labute approximate surface area is 137 Å². The van der Waals surface area contributed by atoms with E-state index < -0.39 is 5.60 Å². The van der Waals surface area contributed by atoms with Crippen molar-refractivity contribution in [3.05, 3.63) is 23.8 Å². The maximum atomic E-state index is 12.3. The minimum absolute atomic E-state index is 0.0266. The topological polar surface area (TPSA) is 60.0 Å². The molecule has 1 aliphatic rings. The number of carbonyl (C=O) groups excluding carboxylic acids is 1. The molecular weight excluding hydrogens is 296 g/mol. The Morgan fingerprint density at radius 2 is 2.00 bits per heavy atom. The van der Waals surface area contributed by atoms with E-state index in [0.29, 0.717) is 31.1 Å². The molecule has 1 aromatic carbocycles. The largest absolute Gasteiger partial charge is 0.493 e. The summed E-state index contributed by atoms with van der Waals surface area (Å²) in [6.45, 7) is 7.46. The lowest BCUT2D eigenvalue weighted by Gasteiger charge is -2.35. The second kappa shape index (κ2) is 7.08. The summed E-state index contributed by atoms with van der Waals surface area (Å²) in [4.78, 5) is 14.0. The lowest BCUT2D eigenvalue weighted by atomic mass is 10.0. The summed E-state index contributed by atoms with van der Waals surface area (Å²) < 4.78 is 16.3. The van der Waals surface area contributed by atoms with Crippen molar-refractivity contribution in [1.29, 1.82) is 0 Å². The number of rotatable bonds is 3. The number of amides is 1. The van der Waals surface area contributed by atoms with Crippen molar-refractivity contribution < 1.29 is 19.0 Å². The van der Waals surface area contributed by atoms with Crippen molar-refractivity contribution in [2.45, 2.75) is 32.4 Å². The number of nitrogens with one attached hydrogen (secondary N) is 1.